The van der Waals surface area contributed by atoms with Crippen molar-refractivity contribution < 1.29 is 19.2 Å². The number of carbonyl (C=O) groups is 1. The van der Waals surface area contributed by atoms with Gasteiger partial charge in [0.2, 0.25) is 5.70 Å². The zero-order valence-corrected chi connectivity index (χ0v) is 22.8. The van der Waals surface area contributed by atoms with Crippen LogP contribution in [0.1, 0.15) is 105 Å². The molecule has 0 radical (unpaired) electrons. The fraction of sp³-hybridized carbons (Fsp3) is 0.897. The molecule has 6 nitrogen and oxygen atoms in total. The fourth-order valence-electron chi connectivity index (χ4n) is 9.23. The van der Waals surface area contributed by atoms with Crippen LogP contribution in [-0.2, 0) is 9.47 Å². The number of nitro groups is 1. The normalized spacial score (nSPS) is 39.5. The summed E-state index contributed by atoms with van der Waals surface area (Å²) in [6.07, 6.45) is 10.5. The van der Waals surface area contributed by atoms with Crippen molar-refractivity contribution >= 4 is 6.16 Å². The van der Waals surface area contributed by atoms with Crippen molar-refractivity contribution in [2.45, 2.75) is 111 Å². The standard InChI is InChI=1S/C29H47NO5/c1-18(2)8-7-9-19(3)22-10-11-23-21-17-26(30(32)33)25-16-20(35-27(31)34-6)12-14-29(25,5)24(21)13-15-28(22,23)4/h18-24H,7-17H2,1-6H3/t19-,20+,21-,22-,23-,24-,28-,29-/m0/s1. The van der Waals surface area contributed by atoms with Crippen LogP contribution in [0.15, 0.2) is 11.3 Å². The summed E-state index contributed by atoms with van der Waals surface area (Å²) in [5.41, 5.74) is 1.51. The summed E-state index contributed by atoms with van der Waals surface area (Å²) in [5.74, 6) is 3.70. The quantitative estimate of drug-likeness (QED) is 0.207. The van der Waals surface area contributed by atoms with Gasteiger partial charge in [-0.15, -0.1) is 0 Å². The van der Waals surface area contributed by atoms with E-state index in [1.807, 2.05) is 0 Å². The van der Waals surface area contributed by atoms with Crippen molar-refractivity contribution in [1.82, 2.24) is 0 Å². The molecule has 35 heavy (non-hydrogen) atoms. The van der Waals surface area contributed by atoms with E-state index in [9.17, 15) is 14.9 Å². The van der Waals surface area contributed by atoms with E-state index in [2.05, 4.69) is 39.4 Å². The van der Waals surface area contributed by atoms with Gasteiger partial charge in [-0.1, -0.05) is 53.9 Å². The monoisotopic (exact) mass is 489 g/mol. The summed E-state index contributed by atoms with van der Waals surface area (Å²) in [7, 11) is 1.31. The third-order valence-electron chi connectivity index (χ3n) is 11.0. The van der Waals surface area contributed by atoms with E-state index < -0.39 is 6.16 Å². The first-order valence-electron chi connectivity index (χ1n) is 14.1. The number of carbonyl (C=O) groups excluding carboxylic acids is 1. The second-order valence-corrected chi connectivity index (χ2v) is 13.1. The Labute approximate surface area is 211 Å². The third-order valence-corrected chi connectivity index (χ3v) is 11.0. The van der Waals surface area contributed by atoms with E-state index in [0.29, 0.717) is 41.7 Å². The Morgan fingerprint density at radius 3 is 2.46 bits per heavy atom. The maximum atomic E-state index is 12.3. The molecule has 0 aliphatic heterocycles. The second kappa shape index (κ2) is 10.0. The van der Waals surface area contributed by atoms with Crippen LogP contribution in [0.3, 0.4) is 0 Å². The Balaban J connectivity index is 1.57. The summed E-state index contributed by atoms with van der Waals surface area (Å²) < 4.78 is 10.1. The lowest BCUT2D eigenvalue weighted by Crippen LogP contribution is -2.52. The summed E-state index contributed by atoms with van der Waals surface area (Å²) in [6, 6.07) is 0. The lowest BCUT2D eigenvalue weighted by Gasteiger charge is -2.58. The molecule has 0 N–H and O–H groups in total. The highest BCUT2D eigenvalue weighted by molar-refractivity contribution is 5.60. The van der Waals surface area contributed by atoms with Gasteiger partial charge in [-0.3, -0.25) is 10.1 Å². The van der Waals surface area contributed by atoms with Crippen LogP contribution in [0.5, 0.6) is 0 Å². The van der Waals surface area contributed by atoms with Crippen molar-refractivity contribution in [3.05, 3.63) is 21.4 Å². The van der Waals surface area contributed by atoms with Gasteiger partial charge in [0.25, 0.3) is 0 Å². The van der Waals surface area contributed by atoms with E-state index in [4.69, 9.17) is 4.74 Å². The molecule has 0 heterocycles. The van der Waals surface area contributed by atoms with Crippen LogP contribution in [0.2, 0.25) is 0 Å². The molecule has 4 rings (SSSR count). The molecular weight excluding hydrogens is 442 g/mol. The van der Waals surface area contributed by atoms with Crippen LogP contribution in [0, 0.1) is 56.5 Å². The molecular formula is C29H47NO5. The van der Waals surface area contributed by atoms with Gasteiger partial charge in [0.15, 0.2) is 0 Å². The lowest BCUT2D eigenvalue weighted by atomic mass is 9.46. The predicted molar refractivity (Wildman–Crippen MR) is 136 cm³/mol. The second-order valence-electron chi connectivity index (χ2n) is 13.1. The van der Waals surface area contributed by atoms with Crippen molar-refractivity contribution in [3.63, 3.8) is 0 Å². The zero-order valence-electron chi connectivity index (χ0n) is 22.8. The maximum absolute atomic E-state index is 12.3. The Hall–Kier alpha value is -1.59. The maximum Gasteiger partial charge on any atom is 0.508 e. The van der Waals surface area contributed by atoms with Gasteiger partial charge < -0.3 is 9.47 Å². The van der Waals surface area contributed by atoms with Gasteiger partial charge in [-0.05, 0) is 84.9 Å². The highest BCUT2D eigenvalue weighted by Crippen LogP contribution is 2.68. The smallest absolute Gasteiger partial charge is 0.438 e. The first kappa shape index (κ1) is 26.5. The van der Waals surface area contributed by atoms with E-state index in [1.165, 1.54) is 52.1 Å². The molecule has 8 atom stereocenters. The average molecular weight is 490 g/mol. The van der Waals surface area contributed by atoms with E-state index >= 15 is 0 Å². The van der Waals surface area contributed by atoms with E-state index in [1.54, 1.807) is 0 Å². The van der Waals surface area contributed by atoms with Gasteiger partial charge >= 0.3 is 6.16 Å². The minimum absolute atomic E-state index is 0.114. The molecule has 0 aromatic carbocycles. The molecule has 198 valence electrons. The van der Waals surface area contributed by atoms with Crippen LogP contribution >= 0.6 is 0 Å². The molecule has 0 aromatic heterocycles. The van der Waals surface area contributed by atoms with E-state index in [-0.39, 0.29) is 16.4 Å². The Morgan fingerprint density at radius 2 is 1.80 bits per heavy atom. The average Bonchev–Trinajstić information content (AvgIpc) is 3.15. The number of methoxy groups -OCH3 is 1. The molecule has 0 aromatic rings. The van der Waals surface area contributed by atoms with Crippen molar-refractivity contribution in [2.75, 3.05) is 7.11 Å². The van der Waals surface area contributed by atoms with Crippen LogP contribution in [-0.4, -0.2) is 24.3 Å². The summed E-state index contributed by atoms with van der Waals surface area (Å²) in [4.78, 5) is 23.9. The Bertz CT molecular complexity index is 852. The molecule has 0 bridgehead atoms. The van der Waals surface area contributed by atoms with Crippen molar-refractivity contribution in [3.8, 4) is 0 Å². The molecule has 4 aliphatic carbocycles. The minimum Gasteiger partial charge on any atom is -0.438 e. The number of rotatable bonds is 7. The highest BCUT2D eigenvalue weighted by Gasteiger charge is 2.61. The van der Waals surface area contributed by atoms with Crippen LogP contribution < -0.4 is 0 Å². The number of hydrogen-bond acceptors (Lipinski definition) is 5. The topological polar surface area (TPSA) is 78.7 Å². The number of allylic oxidation sites excluding steroid dienone is 1. The largest absolute Gasteiger partial charge is 0.508 e. The minimum atomic E-state index is -0.691. The van der Waals surface area contributed by atoms with Gasteiger partial charge in [-0.25, -0.2) is 4.79 Å². The number of nitrogens with zero attached hydrogens (tertiary/aromatic N) is 1. The molecule has 0 saturated heterocycles. The predicted octanol–water partition coefficient (Wildman–Crippen LogP) is 7.78. The molecule has 0 spiro atoms. The summed E-state index contributed by atoms with van der Waals surface area (Å²) in [5, 5.41) is 12.3. The summed E-state index contributed by atoms with van der Waals surface area (Å²) in [6.45, 7) is 11.9. The van der Waals surface area contributed by atoms with Gasteiger partial charge in [0, 0.05) is 18.4 Å². The van der Waals surface area contributed by atoms with Gasteiger partial charge in [-0.2, -0.15) is 0 Å². The Morgan fingerprint density at radius 1 is 1.06 bits per heavy atom. The first-order valence-corrected chi connectivity index (χ1v) is 14.1. The van der Waals surface area contributed by atoms with Crippen molar-refractivity contribution in [1.29, 1.82) is 0 Å². The molecule has 3 saturated carbocycles. The Kier molecular flexibility index (Phi) is 7.60. The van der Waals surface area contributed by atoms with Crippen LogP contribution in [0.4, 0.5) is 4.79 Å². The fourth-order valence-corrected chi connectivity index (χ4v) is 9.23. The van der Waals surface area contributed by atoms with E-state index in [0.717, 1.165) is 36.2 Å². The number of fused-ring (bicyclic) bond motifs is 5. The lowest BCUT2D eigenvalue weighted by molar-refractivity contribution is -0.434. The SMILES string of the molecule is COC(=O)O[C@@H]1CC[C@]2(C)C(=C([N+](=O)[O-])C[C@H]3[C@@H]4CC[C@@H]([C@@H](C)CCCC(C)C)[C@]4(C)CC[C@@H]32)C1. The molecule has 4 aliphatic rings. The van der Waals surface area contributed by atoms with Crippen LogP contribution in [0.25, 0.3) is 0 Å². The zero-order chi connectivity index (χ0) is 25.5. The molecule has 0 unspecified atom stereocenters. The van der Waals surface area contributed by atoms with Gasteiger partial charge in [0.05, 0.1) is 12.0 Å². The molecule has 3 fully saturated rings. The third kappa shape index (κ3) is 4.75. The first-order chi connectivity index (χ1) is 16.5. The van der Waals surface area contributed by atoms with Gasteiger partial charge in [0.1, 0.15) is 6.10 Å². The van der Waals surface area contributed by atoms with Crippen molar-refractivity contribution in [2.24, 2.45) is 46.3 Å². The number of ether oxygens (including phenoxy) is 2. The molecule has 0 amide bonds. The summed E-state index contributed by atoms with van der Waals surface area (Å²) >= 11 is 0. The number of hydrogen-bond donors (Lipinski definition) is 0. The highest BCUT2D eigenvalue weighted by atomic mass is 16.7. The molecule has 6 heteroatoms.